The average Bonchev–Trinajstić information content (AvgIpc) is 4.39. The van der Waals surface area contributed by atoms with Gasteiger partial charge in [-0.05, 0) is 136 Å². The number of hydrogen-bond acceptors (Lipinski definition) is 14. The van der Waals surface area contributed by atoms with Gasteiger partial charge in [0.25, 0.3) is 5.91 Å². The highest BCUT2D eigenvalue weighted by Crippen LogP contribution is 2.37. The van der Waals surface area contributed by atoms with Crippen molar-refractivity contribution in [3.63, 3.8) is 0 Å². The summed E-state index contributed by atoms with van der Waals surface area (Å²) in [6, 6.07) is 29.1. The molecule has 16 nitrogen and oxygen atoms in total. The monoisotopic (exact) mass is 1160 g/mol. The van der Waals surface area contributed by atoms with Crippen LogP contribution in [0.3, 0.4) is 0 Å². The second kappa shape index (κ2) is 25.9. The Morgan fingerprint density at radius 1 is 0.819 bits per heavy atom. The zero-order chi connectivity index (χ0) is 59.2. The van der Waals surface area contributed by atoms with E-state index in [1.807, 2.05) is 159 Å². The molecule has 7 aromatic rings. The van der Waals surface area contributed by atoms with Crippen LogP contribution in [0.1, 0.15) is 148 Å². The first kappa shape index (κ1) is 60.1. The molecule has 2 unspecified atom stereocenters. The molecule has 4 N–H and O–H groups in total. The van der Waals surface area contributed by atoms with Crippen molar-refractivity contribution < 1.29 is 38.6 Å². The minimum atomic E-state index is -0.901. The number of aromatic nitrogens is 3. The number of benzene rings is 4. The molecule has 4 aromatic carbocycles. The van der Waals surface area contributed by atoms with Crippen molar-refractivity contribution in [3.8, 4) is 27.3 Å². The number of aryl methyl sites for hydroxylation is 1. The van der Waals surface area contributed by atoms with Crippen molar-refractivity contribution in [2.45, 2.75) is 150 Å². The summed E-state index contributed by atoms with van der Waals surface area (Å²) in [7, 11) is 0. The number of rotatable bonds is 20. The fraction of sp³-hybridized carbons (Fsp3) is 0.415. The number of pyridine rings is 1. The van der Waals surface area contributed by atoms with Crippen molar-refractivity contribution in [3.05, 3.63) is 142 Å². The topological polar surface area (TPSA) is 205 Å². The number of carbonyl (C=O) groups is 5. The number of aliphatic hydroxyl groups is 1. The summed E-state index contributed by atoms with van der Waals surface area (Å²) in [6.07, 6.45) is 4.16. The maximum Gasteiger partial charge on any atom is 0.358 e. The van der Waals surface area contributed by atoms with Gasteiger partial charge in [-0.15, -0.1) is 11.3 Å². The predicted molar refractivity (Wildman–Crippen MR) is 328 cm³/mol. The van der Waals surface area contributed by atoms with Gasteiger partial charge < -0.3 is 35.0 Å². The van der Waals surface area contributed by atoms with Gasteiger partial charge in [-0.25, -0.2) is 19.7 Å². The molecule has 2 aliphatic heterocycles. The molecule has 1 saturated heterocycles. The lowest BCUT2D eigenvalue weighted by Crippen LogP contribution is -2.57. The lowest BCUT2D eigenvalue weighted by Gasteiger charge is -2.35. The van der Waals surface area contributed by atoms with E-state index < -0.39 is 35.2 Å². The number of carbonyl (C=O) groups excluding carboxylic acids is 5. The molecule has 0 bridgehead atoms. The Hall–Kier alpha value is -7.54. The second-order valence-corrected chi connectivity index (χ2v) is 25.7. The third-order valence-corrected chi connectivity index (χ3v) is 17.2. The SMILES string of the molecule is Cc1ncsc1-c1ccc(C(C)NC(=O)[C@@H]2C[C@@H](O)CN2C(=O)C(NC(=O)CCCCCCCOc2cccc(-c3ccc(N4CCc5cccc(C(=O)Nc6nc7ccccc7s6)c5C4)nc3C(=O)OC(C)(C)C)c2C)C(C)(C)C)cc1. The normalized spacial score (nSPS) is 16.0. The van der Waals surface area contributed by atoms with Crippen LogP contribution in [0, 0.1) is 19.3 Å². The Bertz CT molecular complexity index is 3460. The second-order valence-electron chi connectivity index (χ2n) is 23.8. The molecule has 2 aliphatic rings. The van der Waals surface area contributed by atoms with Gasteiger partial charge in [-0.2, -0.15) is 0 Å². The lowest BCUT2D eigenvalue weighted by atomic mass is 9.85. The molecule has 0 aliphatic carbocycles. The molecule has 18 heteroatoms. The molecule has 4 atom stereocenters. The van der Waals surface area contributed by atoms with Crippen LogP contribution in [0.15, 0.2) is 103 Å². The van der Waals surface area contributed by atoms with E-state index >= 15 is 0 Å². The number of ether oxygens (including phenoxy) is 2. The molecular weight excluding hydrogens is 1080 g/mol. The Labute approximate surface area is 494 Å². The summed E-state index contributed by atoms with van der Waals surface area (Å²) in [6.45, 7) is 18.5. The summed E-state index contributed by atoms with van der Waals surface area (Å²) in [5.41, 5.74) is 9.15. The molecule has 4 amide bonds. The Kier molecular flexibility index (Phi) is 18.8. The molecule has 9 rings (SSSR count). The maximum atomic E-state index is 14.2. The molecule has 1 fully saturated rings. The predicted octanol–water partition coefficient (Wildman–Crippen LogP) is 12.0. The third kappa shape index (κ3) is 14.6. The number of fused-ring (bicyclic) bond motifs is 2. The smallest absolute Gasteiger partial charge is 0.358 e. The number of amides is 4. The van der Waals surface area contributed by atoms with Gasteiger partial charge in [0.15, 0.2) is 10.8 Å². The van der Waals surface area contributed by atoms with E-state index in [1.54, 1.807) is 11.3 Å². The number of para-hydroxylation sites is 1. The quantitative estimate of drug-likeness (QED) is 0.0416. The van der Waals surface area contributed by atoms with E-state index in [2.05, 4.69) is 36.9 Å². The van der Waals surface area contributed by atoms with Gasteiger partial charge in [0.2, 0.25) is 17.7 Å². The number of hydrogen-bond donors (Lipinski definition) is 4. The van der Waals surface area contributed by atoms with E-state index in [0.717, 1.165) is 79.9 Å². The summed E-state index contributed by atoms with van der Waals surface area (Å²) in [5, 5.41) is 20.3. The Morgan fingerprint density at radius 3 is 2.30 bits per heavy atom. The van der Waals surface area contributed by atoms with E-state index in [-0.39, 0.29) is 54.8 Å². The summed E-state index contributed by atoms with van der Waals surface area (Å²) < 4.78 is 13.3. The molecule has 3 aromatic heterocycles. The summed E-state index contributed by atoms with van der Waals surface area (Å²) in [5.74, 6) is -0.465. The average molecular weight is 1160 g/mol. The molecule has 0 radical (unpaired) electrons. The van der Waals surface area contributed by atoms with Crippen LogP contribution in [0.2, 0.25) is 0 Å². The summed E-state index contributed by atoms with van der Waals surface area (Å²) >= 11 is 3.01. The Balaban J connectivity index is 0.762. The van der Waals surface area contributed by atoms with Gasteiger partial charge in [-0.3, -0.25) is 24.5 Å². The van der Waals surface area contributed by atoms with Crippen LogP contribution in [0.25, 0.3) is 31.8 Å². The number of β-amino-alcohol motifs (C(OH)–C–C–N with tert-alkyl or cyclic N) is 1. The fourth-order valence-corrected chi connectivity index (χ4v) is 12.5. The minimum absolute atomic E-state index is 0.00155. The molecule has 436 valence electrons. The molecule has 0 saturated carbocycles. The lowest BCUT2D eigenvalue weighted by molar-refractivity contribution is -0.144. The summed E-state index contributed by atoms with van der Waals surface area (Å²) in [4.78, 5) is 87.9. The van der Waals surface area contributed by atoms with Crippen LogP contribution >= 0.6 is 22.7 Å². The van der Waals surface area contributed by atoms with Crippen molar-refractivity contribution >= 4 is 73.4 Å². The van der Waals surface area contributed by atoms with Crippen molar-refractivity contribution in [2.75, 3.05) is 29.9 Å². The van der Waals surface area contributed by atoms with Crippen LogP contribution < -0.4 is 25.6 Å². The Morgan fingerprint density at radius 2 is 1.57 bits per heavy atom. The van der Waals surface area contributed by atoms with Gasteiger partial charge in [0.05, 0.1) is 45.1 Å². The van der Waals surface area contributed by atoms with E-state index in [4.69, 9.17) is 14.5 Å². The zero-order valence-corrected chi connectivity index (χ0v) is 50.6. The fourth-order valence-electron chi connectivity index (χ4n) is 10.8. The molecular formula is C65H76N8O8S2. The van der Waals surface area contributed by atoms with E-state index in [1.165, 1.54) is 16.2 Å². The first-order valence-corrected chi connectivity index (χ1v) is 30.4. The van der Waals surface area contributed by atoms with E-state index in [9.17, 15) is 29.1 Å². The van der Waals surface area contributed by atoms with Gasteiger partial charge in [0.1, 0.15) is 29.3 Å². The largest absolute Gasteiger partial charge is 0.493 e. The zero-order valence-electron chi connectivity index (χ0n) is 49.0. The van der Waals surface area contributed by atoms with Crippen molar-refractivity contribution in [2.24, 2.45) is 5.41 Å². The third-order valence-electron chi connectivity index (χ3n) is 15.3. The van der Waals surface area contributed by atoms with Gasteiger partial charge >= 0.3 is 5.97 Å². The number of thiazole rings is 2. The molecule has 83 heavy (non-hydrogen) atoms. The first-order chi connectivity index (χ1) is 39.6. The number of esters is 1. The number of anilines is 2. The van der Waals surface area contributed by atoms with Crippen molar-refractivity contribution in [1.82, 2.24) is 30.5 Å². The number of unbranched alkanes of at least 4 members (excludes halogenated alkanes) is 4. The van der Waals surface area contributed by atoms with Crippen LogP contribution in [0.5, 0.6) is 5.75 Å². The van der Waals surface area contributed by atoms with Crippen LogP contribution in [0.4, 0.5) is 10.9 Å². The highest BCUT2D eigenvalue weighted by Gasteiger charge is 2.45. The van der Waals surface area contributed by atoms with E-state index in [0.29, 0.717) is 60.4 Å². The molecule has 0 spiro atoms. The minimum Gasteiger partial charge on any atom is -0.493 e. The maximum absolute atomic E-state index is 14.2. The van der Waals surface area contributed by atoms with Gasteiger partial charge in [0, 0.05) is 43.6 Å². The van der Waals surface area contributed by atoms with Crippen molar-refractivity contribution in [1.29, 1.82) is 0 Å². The van der Waals surface area contributed by atoms with Gasteiger partial charge in [-0.1, -0.05) is 112 Å². The van der Waals surface area contributed by atoms with Crippen LogP contribution in [-0.4, -0.2) is 98.0 Å². The first-order valence-electron chi connectivity index (χ1n) is 28.7. The highest BCUT2D eigenvalue weighted by molar-refractivity contribution is 7.22. The number of nitrogens with zero attached hydrogens (tertiary/aromatic N) is 5. The standard InChI is InChI=1S/C65H76N8O8S2/c1-39-46(47-30-31-54(69-56(47)62(79)81-65(7,8)9)72-33-32-43-19-17-21-48(49(43)37-72)59(76)71-63-68-50-22-14-15-24-53(50)83-63)20-18-23-52(39)80-34-16-12-10-11-13-25-55(75)70-58(64(4,5)6)61(78)73-36-45(74)35-51(73)60(77)67-40(2)42-26-28-44(29-27-42)57-41(3)66-38-82-57/h14-15,17-24,26-31,38,40,45,51,58,74H,10-13,16,25,32-37H2,1-9H3,(H,67,77)(H,70,75)(H,68,71,76)/t40?,45-,51+,58?/m1/s1. The van der Waals surface area contributed by atoms with Crippen LogP contribution in [-0.2, 0) is 32.1 Å². The number of aliphatic hydroxyl groups excluding tert-OH is 1. The highest BCUT2D eigenvalue weighted by atomic mass is 32.1. The number of likely N-dealkylation sites (tertiary alicyclic amines) is 1. The molecule has 5 heterocycles. The number of nitrogens with one attached hydrogen (secondary N) is 3.